The van der Waals surface area contributed by atoms with Crippen LogP contribution in [0.3, 0.4) is 0 Å². The fourth-order valence-electron chi connectivity index (χ4n) is 3.95. The highest BCUT2D eigenvalue weighted by atomic mass is 16.2. The van der Waals surface area contributed by atoms with E-state index in [1.807, 2.05) is 0 Å². The Kier molecular flexibility index (Phi) is 5.60. The number of imide groups is 1. The lowest BCUT2D eigenvalue weighted by atomic mass is 10.1. The van der Waals surface area contributed by atoms with E-state index < -0.39 is 11.8 Å². The van der Waals surface area contributed by atoms with Gasteiger partial charge < -0.3 is 10.2 Å². The van der Waals surface area contributed by atoms with E-state index in [-0.39, 0.29) is 12.5 Å². The van der Waals surface area contributed by atoms with Crippen LogP contribution in [-0.4, -0.2) is 48.8 Å². The van der Waals surface area contributed by atoms with Crippen LogP contribution in [0.5, 0.6) is 0 Å². The molecule has 2 aliphatic rings. The van der Waals surface area contributed by atoms with E-state index in [2.05, 4.69) is 34.5 Å². The van der Waals surface area contributed by atoms with Crippen LogP contribution in [0.4, 0.5) is 5.69 Å². The number of nitrogens with zero attached hydrogens (tertiary/aromatic N) is 2. The van der Waals surface area contributed by atoms with Crippen LogP contribution < -0.4 is 10.2 Å². The summed E-state index contributed by atoms with van der Waals surface area (Å²) in [6.07, 6.45) is 4.52. The highest BCUT2D eigenvalue weighted by molar-refractivity contribution is 6.22. The first-order chi connectivity index (χ1) is 14.1. The molecule has 29 heavy (non-hydrogen) atoms. The van der Waals surface area contributed by atoms with Gasteiger partial charge in [0, 0.05) is 25.3 Å². The Hall–Kier alpha value is -3.15. The van der Waals surface area contributed by atoms with Crippen molar-refractivity contribution in [3.63, 3.8) is 0 Å². The van der Waals surface area contributed by atoms with Crippen LogP contribution in [0.25, 0.3) is 0 Å². The van der Waals surface area contributed by atoms with Crippen molar-refractivity contribution in [3.05, 3.63) is 65.2 Å². The van der Waals surface area contributed by atoms with E-state index in [1.165, 1.54) is 24.9 Å². The average Bonchev–Trinajstić information content (AvgIpc) is 3.00. The van der Waals surface area contributed by atoms with Gasteiger partial charge in [-0.05, 0) is 55.5 Å². The third-order valence-electron chi connectivity index (χ3n) is 5.57. The number of piperidine rings is 1. The van der Waals surface area contributed by atoms with Crippen LogP contribution in [-0.2, 0) is 11.2 Å². The summed E-state index contributed by atoms with van der Waals surface area (Å²) in [5.74, 6) is -1.15. The molecule has 6 nitrogen and oxygen atoms in total. The van der Waals surface area contributed by atoms with Gasteiger partial charge in [-0.15, -0.1) is 0 Å². The summed E-state index contributed by atoms with van der Waals surface area (Å²) in [5.41, 5.74) is 3.12. The quantitative estimate of drug-likeness (QED) is 0.769. The molecule has 0 unspecified atom stereocenters. The van der Waals surface area contributed by atoms with Gasteiger partial charge in [0.25, 0.3) is 11.8 Å². The Morgan fingerprint density at radius 3 is 2.10 bits per heavy atom. The molecule has 1 fully saturated rings. The first kappa shape index (κ1) is 19.2. The van der Waals surface area contributed by atoms with Gasteiger partial charge in [-0.2, -0.15) is 0 Å². The second kappa shape index (κ2) is 8.47. The lowest BCUT2D eigenvalue weighted by Crippen LogP contribution is -2.40. The van der Waals surface area contributed by atoms with Crippen molar-refractivity contribution in [3.8, 4) is 0 Å². The van der Waals surface area contributed by atoms with Crippen LogP contribution in [0.1, 0.15) is 45.5 Å². The van der Waals surface area contributed by atoms with Crippen LogP contribution in [0.2, 0.25) is 0 Å². The Balaban J connectivity index is 1.25. The highest BCUT2D eigenvalue weighted by Gasteiger charge is 2.36. The Morgan fingerprint density at radius 1 is 0.862 bits per heavy atom. The molecule has 0 radical (unpaired) electrons. The van der Waals surface area contributed by atoms with Crippen LogP contribution in [0, 0.1) is 0 Å². The minimum absolute atomic E-state index is 0.250. The zero-order chi connectivity index (χ0) is 20.2. The van der Waals surface area contributed by atoms with Crippen molar-refractivity contribution in [1.29, 1.82) is 0 Å². The molecule has 2 aromatic rings. The van der Waals surface area contributed by atoms with E-state index in [9.17, 15) is 14.4 Å². The Bertz CT molecular complexity index is 882. The molecule has 150 valence electrons. The van der Waals surface area contributed by atoms with Crippen molar-refractivity contribution in [2.45, 2.75) is 25.7 Å². The van der Waals surface area contributed by atoms with Crippen LogP contribution >= 0.6 is 0 Å². The van der Waals surface area contributed by atoms with E-state index in [0.29, 0.717) is 24.1 Å². The van der Waals surface area contributed by atoms with Gasteiger partial charge in [-0.25, -0.2) is 0 Å². The second-order valence-electron chi connectivity index (χ2n) is 7.56. The lowest BCUT2D eigenvalue weighted by molar-refractivity contribution is -0.121. The highest BCUT2D eigenvalue weighted by Crippen LogP contribution is 2.22. The molecule has 0 aliphatic carbocycles. The molecule has 3 amide bonds. The van der Waals surface area contributed by atoms with Gasteiger partial charge in [-0.3, -0.25) is 19.3 Å². The van der Waals surface area contributed by atoms with E-state index in [4.69, 9.17) is 0 Å². The van der Waals surface area contributed by atoms with Crippen molar-refractivity contribution < 1.29 is 14.4 Å². The molecule has 4 rings (SSSR count). The Morgan fingerprint density at radius 2 is 1.48 bits per heavy atom. The number of amides is 3. The summed E-state index contributed by atoms with van der Waals surface area (Å²) in [5, 5.41) is 2.81. The molecule has 1 N–H and O–H groups in total. The third kappa shape index (κ3) is 4.16. The SMILES string of the molecule is O=C(CN1C(=O)c2ccccc2C1=O)NCCc1ccc(N2CCCCC2)cc1. The van der Waals surface area contributed by atoms with Gasteiger partial charge >= 0.3 is 0 Å². The normalized spacial score (nSPS) is 16.1. The lowest BCUT2D eigenvalue weighted by Gasteiger charge is -2.28. The minimum Gasteiger partial charge on any atom is -0.372 e. The zero-order valence-corrected chi connectivity index (χ0v) is 16.4. The summed E-state index contributed by atoms with van der Waals surface area (Å²) in [6.45, 7) is 2.45. The maximum Gasteiger partial charge on any atom is 0.262 e. The molecular weight excluding hydrogens is 366 g/mol. The number of carbonyl (C=O) groups excluding carboxylic acids is 3. The molecule has 0 atom stereocenters. The third-order valence-corrected chi connectivity index (χ3v) is 5.57. The number of benzene rings is 2. The van der Waals surface area contributed by atoms with Crippen molar-refractivity contribution in [1.82, 2.24) is 10.2 Å². The first-order valence-corrected chi connectivity index (χ1v) is 10.2. The summed E-state index contributed by atoms with van der Waals surface area (Å²) in [4.78, 5) is 40.3. The summed E-state index contributed by atoms with van der Waals surface area (Å²) in [6, 6.07) is 15.1. The van der Waals surface area contributed by atoms with Crippen molar-refractivity contribution >= 4 is 23.4 Å². The standard InChI is InChI=1S/C23H25N3O3/c27-21(16-26-22(28)19-6-2-3-7-20(19)23(26)29)24-13-12-17-8-10-18(11-9-17)25-14-4-1-5-15-25/h2-3,6-11H,1,4-5,12-16H2,(H,24,27). The molecular formula is C23H25N3O3. The second-order valence-corrected chi connectivity index (χ2v) is 7.56. The first-order valence-electron chi connectivity index (χ1n) is 10.2. The maximum atomic E-state index is 12.3. The van der Waals surface area contributed by atoms with Gasteiger partial charge in [0.15, 0.2) is 0 Å². The topological polar surface area (TPSA) is 69.7 Å². The zero-order valence-electron chi connectivity index (χ0n) is 16.4. The minimum atomic E-state index is -0.408. The number of nitrogens with one attached hydrogen (secondary N) is 1. The molecule has 0 aromatic heterocycles. The Labute approximate surface area is 170 Å². The number of fused-ring (bicyclic) bond motifs is 1. The molecule has 0 saturated carbocycles. The van der Waals surface area contributed by atoms with E-state index in [0.717, 1.165) is 23.6 Å². The number of anilines is 1. The molecule has 0 bridgehead atoms. The smallest absolute Gasteiger partial charge is 0.262 e. The predicted octanol–water partition coefficient (Wildman–Crippen LogP) is 2.63. The summed E-state index contributed by atoms with van der Waals surface area (Å²) >= 11 is 0. The van der Waals surface area contributed by atoms with Gasteiger partial charge in [0.05, 0.1) is 11.1 Å². The molecule has 2 aliphatic heterocycles. The predicted molar refractivity (Wildman–Crippen MR) is 111 cm³/mol. The number of hydrogen-bond donors (Lipinski definition) is 1. The van der Waals surface area contributed by atoms with Crippen molar-refractivity contribution in [2.24, 2.45) is 0 Å². The number of rotatable bonds is 6. The van der Waals surface area contributed by atoms with Crippen molar-refractivity contribution in [2.75, 3.05) is 31.1 Å². The molecule has 6 heteroatoms. The average molecular weight is 391 g/mol. The maximum absolute atomic E-state index is 12.3. The molecule has 1 saturated heterocycles. The molecule has 2 aromatic carbocycles. The fourth-order valence-corrected chi connectivity index (χ4v) is 3.95. The van der Waals surface area contributed by atoms with Crippen LogP contribution in [0.15, 0.2) is 48.5 Å². The largest absolute Gasteiger partial charge is 0.372 e. The van der Waals surface area contributed by atoms with Gasteiger partial charge in [-0.1, -0.05) is 24.3 Å². The monoisotopic (exact) mass is 391 g/mol. The fraction of sp³-hybridized carbons (Fsp3) is 0.348. The number of hydrogen-bond acceptors (Lipinski definition) is 4. The van der Waals surface area contributed by atoms with Gasteiger partial charge in [0.2, 0.25) is 5.91 Å². The van der Waals surface area contributed by atoms with E-state index >= 15 is 0 Å². The summed E-state index contributed by atoms with van der Waals surface area (Å²) in [7, 11) is 0. The number of carbonyl (C=O) groups is 3. The van der Waals surface area contributed by atoms with E-state index in [1.54, 1.807) is 24.3 Å². The molecule has 2 heterocycles. The van der Waals surface area contributed by atoms with Gasteiger partial charge in [0.1, 0.15) is 6.54 Å². The summed E-state index contributed by atoms with van der Waals surface area (Å²) < 4.78 is 0. The molecule has 0 spiro atoms.